The van der Waals surface area contributed by atoms with Gasteiger partial charge < -0.3 is 10.2 Å². The molecular formula is C14H26N2. The molecule has 0 aromatic carbocycles. The van der Waals surface area contributed by atoms with E-state index in [1.54, 1.807) is 0 Å². The fourth-order valence-corrected chi connectivity index (χ4v) is 3.43. The Hall–Kier alpha value is -0.0800. The Morgan fingerprint density at radius 2 is 2.06 bits per heavy atom. The zero-order valence-electron chi connectivity index (χ0n) is 10.7. The van der Waals surface area contributed by atoms with Crippen LogP contribution in [0, 0.1) is 11.8 Å². The highest BCUT2D eigenvalue weighted by Crippen LogP contribution is 2.41. The van der Waals surface area contributed by atoms with Gasteiger partial charge in [-0.2, -0.15) is 0 Å². The second-order valence-corrected chi connectivity index (χ2v) is 6.48. The molecule has 0 aromatic heterocycles. The van der Waals surface area contributed by atoms with Gasteiger partial charge in [0.05, 0.1) is 0 Å². The van der Waals surface area contributed by atoms with Gasteiger partial charge in [-0.15, -0.1) is 0 Å². The number of hydrogen-bond acceptors (Lipinski definition) is 2. The number of nitrogens with one attached hydrogen (secondary N) is 1. The molecule has 3 aliphatic rings. The molecule has 3 fully saturated rings. The maximum Gasteiger partial charge on any atom is 0.0309 e. The van der Waals surface area contributed by atoms with Crippen LogP contribution >= 0.6 is 0 Å². The monoisotopic (exact) mass is 222 g/mol. The molecule has 1 heterocycles. The van der Waals surface area contributed by atoms with Gasteiger partial charge in [-0.3, -0.25) is 0 Å². The molecule has 0 spiro atoms. The summed E-state index contributed by atoms with van der Waals surface area (Å²) in [5.41, 5.74) is 0.442. The van der Waals surface area contributed by atoms with E-state index in [0.717, 1.165) is 11.8 Å². The Labute approximate surface area is 99.8 Å². The van der Waals surface area contributed by atoms with Gasteiger partial charge >= 0.3 is 0 Å². The van der Waals surface area contributed by atoms with Crippen molar-refractivity contribution in [2.45, 2.75) is 51.0 Å². The summed E-state index contributed by atoms with van der Waals surface area (Å²) in [6, 6.07) is 0. The zero-order chi connectivity index (χ0) is 11.0. The van der Waals surface area contributed by atoms with E-state index in [2.05, 4.69) is 17.1 Å². The smallest absolute Gasteiger partial charge is 0.0309 e. The van der Waals surface area contributed by atoms with Crippen LogP contribution in [0.2, 0.25) is 0 Å². The lowest BCUT2D eigenvalue weighted by molar-refractivity contribution is 0.114. The van der Waals surface area contributed by atoms with Crippen LogP contribution in [-0.4, -0.2) is 36.6 Å². The summed E-state index contributed by atoms with van der Waals surface area (Å²) in [4.78, 5) is 2.72. The van der Waals surface area contributed by atoms with Crippen molar-refractivity contribution in [3.63, 3.8) is 0 Å². The van der Waals surface area contributed by atoms with Crippen molar-refractivity contribution in [2.75, 3.05) is 26.2 Å². The van der Waals surface area contributed by atoms with Crippen molar-refractivity contribution < 1.29 is 0 Å². The van der Waals surface area contributed by atoms with Crippen molar-refractivity contribution >= 4 is 0 Å². The van der Waals surface area contributed by atoms with Gasteiger partial charge in [-0.05, 0) is 44.6 Å². The van der Waals surface area contributed by atoms with E-state index in [9.17, 15) is 0 Å². The summed E-state index contributed by atoms with van der Waals surface area (Å²) in [5.74, 6) is 2.04. The topological polar surface area (TPSA) is 15.3 Å². The van der Waals surface area contributed by atoms with Gasteiger partial charge in [0.25, 0.3) is 0 Å². The Bertz CT molecular complexity index is 245. The molecule has 1 atom stereocenters. The number of nitrogens with zero attached hydrogens (tertiary/aromatic N) is 1. The van der Waals surface area contributed by atoms with Crippen LogP contribution in [0.25, 0.3) is 0 Å². The summed E-state index contributed by atoms with van der Waals surface area (Å²) in [6.07, 6.45) is 8.88. The van der Waals surface area contributed by atoms with Gasteiger partial charge in [0, 0.05) is 25.2 Å². The van der Waals surface area contributed by atoms with Crippen LogP contribution in [0.15, 0.2) is 0 Å². The molecule has 2 aliphatic carbocycles. The maximum absolute atomic E-state index is 3.76. The van der Waals surface area contributed by atoms with E-state index >= 15 is 0 Å². The first-order chi connectivity index (χ1) is 7.76. The van der Waals surface area contributed by atoms with Crippen LogP contribution in [0.3, 0.4) is 0 Å². The lowest BCUT2D eigenvalue weighted by atomic mass is 9.82. The molecule has 1 saturated heterocycles. The standard InChI is InChI=1S/C14H26N2/c1-14(13-5-6-13)11-16(10-8-15-14)9-7-12-3-2-4-12/h12-13,15H,2-11H2,1H3. The van der Waals surface area contributed by atoms with Crippen LogP contribution in [0.1, 0.15) is 45.4 Å². The van der Waals surface area contributed by atoms with Gasteiger partial charge in [0.1, 0.15) is 0 Å². The predicted molar refractivity (Wildman–Crippen MR) is 67.5 cm³/mol. The fourth-order valence-electron chi connectivity index (χ4n) is 3.43. The van der Waals surface area contributed by atoms with Gasteiger partial charge in [0.2, 0.25) is 0 Å². The average Bonchev–Trinajstić information content (AvgIpc) is 2.98. The van der Waals surface area contributed by atoms with Crippen molar-refractivity contribution in [2.24, 2.45) is 11.8 Å². The van der Waals surface area contributed by atoms with E-state index in [0.29, 0.717) is 5.54 Å². The van der Waals surface area contributed by atoms with Crippen LogP contribution in [0.4, 0.5) is 0 Å². The fraction of sp³-hybridized carbons (Fsp3) is 1.00. The van der Waals surface area contributed by atoms with Crippen molar-refractivity contribution in [1.29, 1.82) is 0 Å². The van der Waals surface area contributed by atoms with Crippen LogP contribution < -0.4 is 5.32 Å². The first-order valence-electron chi connectivity index (χ1n) is 7.24. The second-order valence-electron chi connectivity index (χ2n) is 6.48. The Morgan fingerprint density at radius 3 is 2.69 bits per heavy atom. The molecule has 1 N–H and O–H groups in total. The molecule has 2 saturated carbocycles. The molecule has 2 heteroatoms. The second kappa shape index (κ2) is 4.30. The Balaban J connectivity index is 1.47. The highest BCUT2D eigenvalue weighted by molar-refractivity contribution is 5.02. The highest BCUT2D eigenvalue weighted by Gasteiger charge is 2.43. The van der Waals surface area contributed by atoms with E-state index in [1.807, 2.05) is 0 Å². The number of rotatable bonds is 4. The quantitative estimate of drug-likeness (QED) is 0.785. The van der Waals surface area contributed by atoms with Crippen LogP contribution in [-0.2, 0) is 0 Å². The molecule has 0 amide bonds. The summed E-state index contributed by atoms with van der Waals surface area (Å²) < 4.78 is 0. The lowest BCUT2D eigenvalue weighted by Gasteiger charge is -2.42. The molecule has 92 valence electrons. The maximum atomic E-state index is 3.76. The summed E-state index contributed by atoms with van der Waals surface area (Å²) in [6.45, 7) is 7.58. The lowest BCUT2D eigenvalue weighted by Crippen LogP contribution is -2.60. The molecule has 1 unspecified atom stereocenters. The average molecular weight is 222 g/mol. The predicted octanol–water partition coefficient (Wildman–Crippen LogP) is 2.25. The minimum absolute atomic E-state index is 0.442. The molecule has 3 rings (SSSR count). The van der Waals surface area contributed by atoms with Gasteiger partial charge in [-0.25, -0.2) is 0 Å². The molecule has 2 nitrogen and oxygen atoms in total. The summed E-state index contributed by atoms with van der Waals surface area (Å²) in [5, 5.41) is 3.76. The molecule has 0 aromatic rings. The largest absolute Gasteiger partial charge is 0.309 e. The first kappa shape index (κ1) is 11.0. The summed E-state index contributed by atoms with van der Waals surface area (Å²) in [7, 11) is 0. The molecule has 0 bridgehead atoms. The minimum atomic E-state index is 0.442. The zero-order valence-corrected chi connectivity index (χ0v) is 10.7. The SMILES string of the molecule is CC1(C2CC2)CN(CCC2CCC2)CCN1. The molecule has 0 radical (unpaired) electrons. The normalized spacial score (nSPS) is 37.3. The summed E-state index contributed by atoms with van der Waals surface area (Å²) >= 11 is 0. The van der Waals surface area contributed by atoms with Gasteiger partial charge in [-0.1, -0.05) is 19.3 Å². The Morgan fingerprint density at radius 1 is 1.25 bits per heavy atom. The van der Waals surface area contributed by atoms with E-state index in [-0.39, 0.29) is 0 Å². The van der Waals surface area contributed by atoms with Crippen molar-refractivity contribution in [3.8, 4) is 0 Å². The molecular weight excluding hydrogens is 196 g/mol. The third kappa shape index (κ3) is 2.28. The minimum Gasteiger partial charge on any atom is -0.309 e. The first-order valence-corrected chi connectivity index (χ1v) is 7.24. The van der Waals surface area contributed by atoms with E-state index in [1.165, 1.54) is 64.7 Å². The third-order valence-electron chi connectivity index (χ3n) is 5.07. The van der Waals surface area contributed by atoms with E-state index in [4.69, 9.17) is 0 Å². The molecule has 1 aliphatic heterocycles. The van der Waals surface area contributed by atoms with Crippen LogP contribution in [0.5, 0.6) is 0 Å². The highest BCUT2D eigenvalue weighted by atomic mass is 15.2. The number of piperazine rings is 1. The Kier molecular flexibility index (Phi) is 2.97. The van der Waals surface area contributed by atoms with E-state index < -0.39 is 0 Å². The van der Waals surface area contributed by atoms with Crippen molar-refractivity contribution in [3.05, 3.63) is 0 Å². The van der Waals surface area contributed by atoms with Gasteiger partial charge in [0.15, 0.2) is 0 Å². The van der Waals surface area contributed by atoms with Crippen molar-refractivity contribution in [1.82, 2.24) is 10.2 Å². The number of hydrogen-bond donors (Lipinski definition) is 1. The third-order valence-corrected chi connectivity index (χ3v) is 5.07. The molecule has 16 heavy (non-hydrogen) atoms.